The van der Waals surface area contributed by atoms with Gasteiger partial charge in [0.25, 0.3) is 0 Å². The molecule has 0 radical (unpaired) electrons. The highest BCUT2D eigenvalue weighted by atomic mass is 35.5. The van der Waals surface area contributed by atoms with Crippen LogP contribution in [0.3, 0.4) is 0 Å². The highest BCUT2D eigenvalue weighted by Crippen LogP contribution is 2.31. The van der Waals surface area contributed by atoms with E-state index in [1.54, 1.807) is 6.07 Å². The number of nitrogens with one attached hydrogen (secondary N) is 1. The molecular weight excluding hydrogens is 383 g/mol. The van der Waals surface area contributed by atoms with Crippen LogP contribution in [0.1, 0.15) is 0 Å². The molecule has 0 unspecified atom stereocenters. The Morgan fingerprint density at radius 2 is 2.04 bits per heavy atom. The average Bonchev–Trinajstić information content (AvgIpc) is 3.01. The van der Waals surface area contributed by atoms with E-state index in [0.717, 1.165) is 18.7 Å². The van der Waals surface area contributed by atoms with E-state index >= 15 is 0 Å². The van der Waals surface area contributed by atoms with Crippen LogP contribution >= 0.6 is 12.4 Å². The first-order valence-electron chi connectivity index (χ1n) is 8.21. The molecule has 27 heavy (non-hydrogen) atoms. The maximum atomic E-state index is 14.4. The topological polar surface area (TPSA) is 48.3 Å². The summed E-state index contributed by atoms with van der Waals surface area (Å²) >= 11 is 0. The van der Waals surface area contributed by atoms with Crippen LogP contribution in [0.2, 0.25) is 0 Å². The summed E-state index contributed by atoms with van der Waals surface area (Å²) in [6.45, 7) is 2.14. The van der Waals surface area contributed by atoms with Crippen LogP contribution in [0.25, 0.3) is 16.6 Å². The van der Waals surface area contributed by atoms with Crippen molar-refractivity contribution in [3.05, 3.63) is 53.8 Å². The Hall–Kier alpha value is -2.29. The molecule has 1 aliphatic rings. The Morgan fingerprint density at radius 1 is 1.19 bits per heavy atom. The summed E-state index contributed by atoms with van der Waals surface area (Å²) in [6, 6.07) is 7.49. The van der Waals surface area contributed by atoms with Gasteiger partial charge in [-0.15, -0.1) is 17.5 Å². The number of benzene rings is 2. The van der Waals surface area contributed by atoms with E-state index in [1.165, 1.54) is 22.9 Å². The molecule has 144 valence electrons. The Balaban J connectivity index is 0.00000210. The van der Waals surface area contributed by atoms with Crippen molar-refractivity contribution in [3.63, 3.8) is 0 Å². The van der Waals surface area contributed by atoms with Gasteiger partial charge >= 0.3 is 0 Å². The van der Waals surface area contributed by atoms with E-state index in [9.17, 15) is 13.2 Å². The molecule has 1 aromatic heterocycles. The van der Waals surface area contributed by atoms with Crippen LogP contribution in [0.4, 0.5) is 13.2 Å². The SMILES string of the molecule is Cl.Fc1ccc(-n2nc(OC[C@@H]3CNCCO3)c3c(F)cccc32)c(F)c1. The van der Waals surface area contributed by atoms with Gasteiger partial charge in [0.1, 0.15) is 30.0 Å². The summed E-state index contributed by atoms with van der Waals surface area (Å²) in [5.41, 5.74) is 0.334. The minimum absolute atomic E-state index is 0. The molecule has 0 aliphatic carbocycles. The van der Waals surface area contributed by atoms with Crippen molar-refractivity contribution in [2.24, 2.45) is 0 Å². The third kappa shape index (κ3) is 3.87. The summed E-state index contributed by atoms with van der Waals surface area (Å²) in [6.07, 6.45) is -0.182. The van der Waals surface area contributed by atoms with E-state index in [1.807, 2.05) is 0 Å². The van der Waals surface area contributed by atoms with Gasteiger partial charge in [0.15, 0.2) is 5.82 Å². The van der Waals surface area contributed by atoms with Gasteiger partial charge < -0.3 is 14.8 Å². The van der Waals surface area contributed by atoms with E-state index in [-0.39, 0.29) is 42.1 Å². The Morgan fingerprint density at radius 3 is 2.78 bits per heavy atom. The van der Waals surface area contributed by atoms with Gasteiger partial charge in [-0.3, -0.25) is 0 Å². The number of nitrogens with zero attached hydrogens (tertiary/aromatic N) is 2. The molecule has 3 aromatic rings. The van der Waals surface area contributed by atoms with Crippen molar-refractivity contribution in [1.29, 1.82) is 0 Å². The molecule has 1 aliphatic heterocycles. The first-order valence-corrected chi connectivity index (χ1v) is 8.21. The number of hydrogen-bond donors (Lipinski definition) is 1. The zero-order valence-corrected chi connectivity index (χ0v) is 14.9. The van der Waals surface area contributed by atoms with Crippen LogP contribution in [-0.2, 0) is 4.74 Å². The molecular formula is C18H17ClF3N3O2. The molecule has 1 N–H and O–H groups in total. The van der Waals surface area contributed by atoms with Crippen molar-refractivity contribution < 1.29 is 22.6 Å². The maximum Gasteiger partial charge on any atom is 0.244 e. The smallest absolute Gasteiger partial charge is 0.244 e. The predicted octanol–water partition coefficient (Wildman–Crippen LogP) is 3.23. The first-order chi connectivity index (χ1) is 12.6. The summed E-state index contributed by atoms with van der Waals surface area (Å²) in [5, 5.41) is 7.52. The first kappa shape index (κ1) is 19.5. The molecule has 2 aromatic carbocycles. The van der Waals surface area contributed by atoms with Gasteiger partial charge in [-0.1, -0.05) is 6.07 Å². The van der Waals surface area contributed by atoms with Crippen molar-refractivity contribution >= 4 is 23.3 Å². The number of rotatable bonds is 4. The number of morpholine rings is 1. The second-order valence-electron chi connectivity index (χ2n) is 5.95. The molecule has 2 heterocycles. The molecule has 5 nitrogen and oxygen atoms in total. The van der Waals surface area contributed by atoms with Gasteiger partial charge in [-0.05, 0) is 24.3 Å². The third-order valence-corrected chi connectivity index (χ3v) is 4.17. The Bertz CT molecular complexity index is 945. The third-order valence-electron chi connectivity index (χ3n) is 4.17. The molecule has 0 spiro atoms. The highest BCUT2D eigenvalue weighted by molar-refractivity contribution is 5.86. The number of aromatic nitrogens is 2. The standard InChI is InChI=1S/C18H16F3N3O2.ClH/c19-11-4-5-15(14(21)8-11)24-16-3-1-2-13(20)17(16)18(23-24)26-10-12-9-22-6-7-25-12;/h1-5,8,12,22H,6-7,9-10H2;1H/t12-;/m0./s1. The molecule has 1 fully saturated rings. The maximum absolute atomic E-state index is 14.4. The summed E-state index contributed by atoms with van der Waals surface area (Å²) in [5.74, 6) is -2.00. The summed E-state index contributed by atoms with van der Waals surface area (Å²) in [4.78, 5) is 0. The lowest BCUT2D eigenvalue weighted by atomic mass is 10.2. The van der Waals surface area contributed by atoms with Gasteiger partial charge in [0.2, 0.25) is 5.88 Å². The van der Waals surface area contributed by atoms with Crippen LogP contribution < -0.4 is 10.1 Å². The number of hydrogen-bond acceptors (Lipinski definition) is 4. The summed E-state index contributed by atoms with van der Waals surface area (Å²) in [7, 11) is 0. The number of halogens is 4. The average molecular weight is 400 g/mol. The molecule has 9 heteroatoms. The van der Waals surface area contributed by atoms with Crippen LogP contribution in [0.15, 0.2) is 36.4 Å². The van der Waals surface area contributed by atoms with E-state index < -0.39 is 17.5 Å². The summed E-state index contributed by atoms with van der Waals surface area (Å²) < 4.78 is 54.2. The zero-order chi connectivity index (χ0) is 18.1. The molecule has 0 bridgehead atoms. The monoisotopic (exact) mass is 399 g/mol. The van der Waals surface area contributed by atoms with Crippen molar-refractivity contribution in [2.75, 3.05) is 26.3 Å². The highest BCUT2D eigenvalue weighted by Gasteiger charge is 2.21. The lowest BCUT2D eigenvalue weighted by Crippen LogP contribution is -2.41. The Kier molecular flexibility index (Phi) is 5.88. The van der Waals surface area contributed by atoms with E-state index in [0.29, 0.717) is 18.7 Å². The number of fused-ring (bicyclic) bond motifs is 1. The lowest BCUT2D eigenvalue weighted by Gasteiger charge is -2.23. The van der Waals surface area contributed by atoms with Crippen LogP contribution in [0.5, 0.6) is 5.88 Å². The van der Waals surface area contributed by atoms with Gasteiger partial charge in [0.05, 0.1) is 17.5 Å². The van der Waals surface area contributed by atoms with Crippen LogP contribution in [0, 0.1) is 17.5 Å². The van der Waals surface area contributed by atoms with E-state index in [4.69, 9.17) is 9.47 Å². The second kappa shape index (κ2) is 8.16. The molecule has 0 amide bonds. The Labute approximate surface area is 159 Å². The van der Waals surface area contributed by atoms with Gasteiger partial charge in [-0.25, -0.2) is 17.9 Å². The van der Waals surface area contributed by atoms with Gasteiger partial charge in [0, 0.05) is 19.2 Å². The minimum atomic E-state index is -0.801. The largest absolute Gasteiger partial charge is 0.473 e. The molecule has 1 atom stereocenters. The minimum Gasteiger partial charge on any atom is -0.473 e. The normalized spacial score (nSPS) is 16.9. The predicted molar refractivity (Wildman–Crippen MR) is 96.3 cm³/mol. The fourth-order valence-electron chi connectivity index (χ4n) is 2.93. The zero-order valence-electron chi connectivity index (χ0n) is 14.1. The van der Waals surface area contributed by atoms with Crippen molar-refractivity contribution in [3.8, 4) is 11.6 Å². The van der Waals surface area contributed by atoms with Crippen LogP contribution in [-0.4, -0.2) is 42.2 Å². The number of ether oxygens (including phenoxy) is 2. The van der Waals surface area contributed by atoms with Crippen molar-refractivity contribution in [1.82, 2.24) is 15.1 Å². The van der Waals surface area contributed by atoms with E-state index in [2.05, 4.69) is 10.4 Å². The lowest BCUT2D eigenvalue weighted by molar-refractivity contribution is -0.000540. The van der Waals surface area contributed by atoms with Gasteiger partial charge in [-0.2, -0.15) is 0 Å². The fraction of sp³-hybridized carbons (Fsp3) is 0.278. The molecule has 1 saturated heterocycles. The quantitative estimate of drug-likeness (QED) is 0.731. The van der Waals surface area contributed by atoms with Crippen molar-refractivity contribution in [2.45, 2.75) is 6.10 Å². The molecule has 0 saturated carbocycles. The second-order valence-corrected chi connectivity index (χ2v) is 5.95. The molecule has 4 rings (SSSR count). The fourth-order valence-corrected chi connectivity index (χ4v) is 2.93.